The van der Waals surface area contributed by atoms with Crippen LogP contribution in [0.4, 0.5) is 5.69 Å². The quantitative estimate of drug-likeness (QED) is 0.482. The minimum absolute atomic E-state index is 0.202. The molecule has 8 heteroatoms. The topological polar surface area (TPSA) is 100 Å². The monoisotopic (exact) mass is 401 g/mol. The molecule has 2 rings (SSSR count). The van der Waals surface area contributed by atoms with Crippen LogP contribution in [0.5, 0.6) is 17.2 Å². The molecule has 0 fully saturated rings. The molecule has 0 aromatic heterocycles. The Bertz CT molecular complexity index is 854. The zero-order valence-corrected chi connectivity index (χ0v) is 16.5. The number of carbonyl (C=O) groups excluding carboxylic acids is 3. The summed E-state index contributed by atoms with van der Waals surface area (Å²) < 4.78 is 21.0. The number of hydrogen-bond acceptors (Lipinski definition) is 7. The average Bonchev–Trinajstić information content (AvgIpc) is 2.75. The number of ether oxygens (including phenoxy) is 4. The number of rotatable bonds is 10. The summed E-state index contributed by atoms with van der Waals surface area (Å²) in [7, 11) is 2.83. The summed E-state index contributed by atoms with van der Waals surface area (Å²) in [5.74, 6) is -0.177. The van der Waals surface area contributed by atoms with Gasteiger partial charge in [0.15, 0.2) is 18.1 Å². The molecule has 29 heavy (non-hydrogen) atoms. The van der Waals surface area contributed by atoms with Gasteiger partial charge in [0.05, 0.1) is 26.4 Å². The zero-order valence-electron chi connectivity index (χ0n) is 16.5. The van der Waals surface area contributed by atoms with E-state index in [2.05, 4.69) is 5.32 Å². The summed E-state index contributed by atoms with van der Waals surface area (Å²) >= 11 is 0. The lowest BCUT2D eigenvalue weighted by atomic mass is 10.2. The molecule has 1 amide bonds. The molecular formula is C21H23NO7. The second-order valence-corrected chi connectivity index (χ2v) is 5.93. The third-order valence-corrected chi connectivity index (χ3v) is 3.79. The Morgan fingerprint density at radius 3 is 2.34 bits per heavy atom. The average molecular weight is 401 g/mol. The van der Waals surface area contributed by atoms with E-state index in [-0.39, 0.29) is 23.9 Å². The van der Waals surface area contributed by atoms with E-state index in [0.717, 1.165) is 6.42 Å². The molecule has 8 nitrogen and oxygen atoms in total. The smallest absolute Gasteiger partial charge is 0.338 e. The lowest BCUT2D eigenvalue weighted by Gasteiger charge is -2.15. The molecule has 2 aromatic carbocycles. The van der Waals surface area contributed by atoms with Crippen molar-refractivity contribution in [2.75, 3.05) is 32.8 Å². The summed E-state index contributed by atoms with van der Waals surface area (Å²) in [5.41, 5.74) is 1.12. The van der Waals surface area contributed by atoms with E-state index in [9.17, 15) is 14.4 Å². The Morgan fingerprint density at radius 2 is 1.76 bits per heavy atom. The van der Waals surface area contributed by atoms with E-state index in [0.29, 0.717) is 29.7 Å². The molecule has 0 spiro atoms. The fraction of sp³-hybridized carbons (Fsp3) is 0.286. The van der Waals surface area contributed by atoms with Crippen LogP contribution in [0.25, 0.3) is 0 Å². The first-order valence-corrected chi connectivity index (χ1v) is 8.93. The van der Waals surface area contributed by atoms with Crippen LogP contribution >= 0.6 is 0 Å². The maximum Gasteiger partial charge on any atom is 0.338 e. The number of anilines is 1. The van der Waals surface area contributed by atoms with Crippen molar-refractivity contribution >= 4 is 23.9 Å². The molecule has 0 radical (unpaired) electrons. The third kappa shape index (κ3) is 5.97. The van der Waals surface area contributed by atoms with Crippen molar-refractivity contribution in [3.63, 3.8) is 0 Å². The number of nitrogens with one attached hydrogen (secondary N) is 1. The van der Waals surface area contributed by atoms with Gasteiger partial charge >= 0.3 is 5.97 Å². The van der Waals surface area contributed by atoms with E-state index < -0.39 is 11.9 Å². The number of hydrogen-bond donors (Lipinski definition) is 1. The molecule has 0 saturated carbocycles. The number of carbonyl (C=O) groups is 3. The largest absolute Gasteiger partial charge is 0.493 e. The maximum absolute atomic E-state index is 12.3. The molecule has 0 atom stereocenters. The lowest BCUT2D eigenvalue weighted by molar-refractivity contribution is -0.118. The van der Waals surface area contributed by atoms with Crippen molar-refractivity contribution in [3.8, 4) is 17.2 Å². The fourth-order valence-electron chi connectivity index (χ4n) is 2.45. The molecule has 0 aliphatic carbocycles. The summed E-state index contributed by atoms with van der Waals surface area (Å²) in [4.78, 5) is 35.2. The Morgan fingerprint density at radius 1 is 1.07 bits per heavy atom. The summed E-state index contributed by atoms with van der Waals surface area (Å²) in [5, 5.41) is 2.65. The van der Waals surface area contributed by atoms with Gasteiger partial charge in [0, 0.05) is 11.3 Å². The lowest BCUT2D eigenvalue weighted by Crippen LogP contribution is -2.21. The second-order valence-electron chi connectivity index (χ2n) is 5.93. The van der Waals surface area contributed by atoms with Gasteiger partial charge in [-0.05, 0) is 36.8 Å². The van der Waals surface area contributed by atoms with Crippen molar-refractivity contribution in [3.05, 3.63) is 47.5 Å². The van der Waals surface area contributed by atoms with Crippen molar-refractivity contribution < 1.29 is 33.3 Å². The molecule has 0 unspecified atom stereocenters. The van der Waals surface area contributed by atoms with E-state index in [1.807, 2.05) is 6.92 Å². The number of esters is 1. The Labute approximate surface area is 168 Å². The molecule has 0 saturated heterocycles. The first kappa shape index (κ1) is 21.7. The molecule has 0 bridgehead atoms. The van der Waals surface area contributed by atoms with Crippen LogP contribution in [0.1, 0.15) is 34.1 Å². The number of benzene rings is 2. The Balaban J connectivity index is 2.05. The SMILES string of the molecule is CCCOC(=O)c1cccc(NC(=O)COc2c(OC)cc(C=O)cc2OC)c1. The highest BCUT2D eigenvalue weighted by molar-refractivity contribution is 5.95. The summed E-state index contributed by atoms with van der Waals surface area (Å²) in [6.07, 6.45) is 1.38. The predicted octanol–water partition coefficient (Wildman–Crippen LogP) is 3.10. The first-order valence-electron chi connectivity index (χ1n) is 8.93. The van der Waals surface area contributed by atoms with E-state index in [4.69, 9.17) is 18.9 Å². The van der Waals surface area contributed by atoms with Crippen LogP contribution in [0, 0.1) is 0 Å². The molecule has 2 aromatic rings. The van der Waals surface area contributed by atoms with Gasteiger partial charge in [0.2, 0.25) is 5.75 Å². The van der Waals surface area contributed by atoms with E-state index >= 15 is 0 Å². The highest BCUT2D eigenvalue weighted by atomic mass is 16.5. The number of aldehydes is 1. The van der Waals surface area contributed by atoms with Gasteiger partial charge < -0.3 is 24.3 Å². The highest BCUT2D eigenvalue weighted by Gasteiger charge is 2.16. The van der Waals surface area contributed by atoms with Crippen LogP contribution in [0.2, 0.25) is 0 Å². The predicted molar refractivity (Wildman–Crippen MR) is 106 cm³/mol. The van der Waals surface area contributed by atoms with Crippen LogP contribution in [-0.2, 0) is 9.53 Å². The van der Waals surface area contributed by atoms with E-state index in [1.54, 1.807) is 18.2 Å². The summed E-state index contributed by atoms with van der Waals surface area (Å²) in [6.45, 7) is 1.90. The van der Waals surface area contributed by atoms with Crippen molar-refractivity contribution in [1.82, 2.24) is 0 Å². The zero-order chi connectivity index (χ0) is 21.2. The normalized spacial score (nSPS) is 10.0. The molecule has 0 heterocycles. The Kier molecular flexibility index (Phi) is 8.02. The molecule has 0 aliphatic rings. The molecule has 0 aliphatic heterocycles. The number of amides is 1. The maximum atomic E-state index is 12.3. The Hall–Kier alpha value is -3.55. The minimum atomic E-state index is -0.455. The third-order valence-electron chi connectivity index (χ3n) is 3.79. The van der Waals surface area contributed by atoms with Gasteiger partial charge in [-0.3, -0.25) is 9.59 Å². The van der Waals surface area contributed by atoms with Gasteiger partial charge in [0.25, 0.3) is 5.91 Å². The van der Waals surface area contributed by atoms with Crippen LogP contribution in [-0.4, -0.2) is 45.6 Å². The van der Waals surface area contributed by atoms with Gasteiger partial charge in [-0.1, -0.05) is 13.0 Å². The molecule has 1 N–H and O–H groups in total. The highest BCUT2D eigenvalue weighted by Crippen LogP contribution is 2.38. The van der Waals surface area contributed by atoms with Crippen molar-refractivity contribution in [2.45, 2.75) is 13.3 Å². The standard InChI is InChI=1S/C21H23NO7/c1-4-8-28-21(25)15-6-5-7-16(11-15)22-19(24)13-29-20-17(26-2)9-14(12-23)10-18(20)27-3/h5-7,9-12H,4,8,13H2,1-3H3,(H,22,24). The van der Waals surface area contributed by atoms with E-state index in [1.165, 1.54) is 32.4 Å². The first-order chi connectivity index (χ1) is 14.0. The van der Waals surface area contributed by atoms with Crippen molar-refractivity contribution in [2.24, 2.45) is 0 Å². The number of methoxy groups -OCH3 is 2. The molecular weight excluding hydrogens is 378 g/mol. The second kappa shape index (κ2) is 10.7. The van der Waals surface area contributed by atoms with Gasteiger partial charge in [0.1, 0.15) is 6.29 Å². The summed E-state index contributed by atoms with van der Waals surface area (Å²) in [6, 6.07) is 9.38. The minimum Gasteiger partial charge on any atom is -0.493 e. The van der Waals surface area contributed by atoms with Crippen LogP contribution in [0.15, 0.2) is 36.4 Å². The van der Waals surface area contributed by atoms with Gasteiger partial charge in [-0.25, -0.2) is 4.79 Å². The van der Waals surface area contributed by atoms with Gasteiger partial charge in [-0.15, -0.1) is 0 Å². The van der Waals surface area contributed by atoms with Crippen molar-refractivity contribution in [1.29, 1.82) is 0 Å². The van der Waals surface area contributed by atoms with Gasteiger partial charge in [-0.2, -0.15) is 0 Å². The van der Waals surface area contributed by atoms with Crippen LogP contribution < -0.4 is 19.5 Å². The fourth-order valence-corrected chi connectivity index (χ4v) is 2.45. The van der Waals surface area contributed by atoms with Crippen LogP contribution in [0.3, 0.4) is 0 Å². The molecule has 154 valence electrons.